The van der Waals surface area contributed by atoms with Gasteiger partial charge in [0.25, 0.3) is 0 Å². The Labute approximate surface area is 86.0 Å². The third kappa shape index (κ3) is 5.14. The summed E-state index contributed by atoms with van der Waals surface area (Å²) in [7, 11) is 0. The van der Waals surface area contributed by atoms with Gasteiger partial charge in [-0.15, -0.1) is 11.6 Å². The van der Waals surface area contributed by atoms with Crippen molar-refractivity contribution in [1.29, 1.82) is 0 Å². The van der Waals surface area contributed by atoms with Crippen LogP contribution in [0.25, 0.3) is 0 Å². The summed E-state index contributed by atoms with van der Waals surface area (Å²) in [4.78, 5) is 11.5. The Morgan fingerprint density at radius 2 is 2.08 bits per heavy atom. The molecule has 0 heterocycles. The van der Waals surface area contributed by atoms with Crippen molar-refractivity contribution in [3.05, 3.63) is 0 Å². The Hall–Kier alpha value is -0.240. The fourth-order valence-corrected chi connectivity index (χ4v) is 0.894. The van der Waals surface area contributed by atoms with Gasteiger partial charge in [0.05, 0.1) is 0 Å². The lowest BCUT2D eigenvalue weighted by Gasteiger charge is -2.21. The van der Waals surface area contributed by atoms with Crippen molar-refractivity contribution in [2.45, 2.75) is 45.9 Å². The second-order valence-corrected chi connectivity index (χ2v) is 4.81. The molecule has 0 aliphatic carbocycles. The number of amides is 1. The summed E-state index contributed by atoms with van der Waals surface area (Å²) in [5.74, 6) is 0.118. The van der Waals surface area contributed by atoms with Gasteiger partial charge >= 0.3 is 0 Å². The molecule has 0 aliphatic heterocycles. The minimum absolute atomic E-state index is 0.118. The molecule has 0 aliphatic rings. The summed E-state index contributed by atoms with van der Waals surface area (Å²) in [6.07, 6.45) is 1.68. The van der Waals surface area contributed by atoms with Crippen LogP contribution in [0.5, 0.6) is 0 Å². The summed E-state index contributed by atoms with van der Waals surface area (Å²) >= 11 is 5.76. The Morgan fingerprint density at radius 3 is 2.46 bits per heavy atom. The molecule has 0 aromatic carbocycles. The maximum Gasteiger partial charge on any atom is 0.225 e. The highest BCUT2D eigenvalue weighted by Crippen LogP contribution is 2.19. The first kappa shape index (κ1) is 12.8. The Bertz CT molecular complexity index is 166. The van der Waals surface area contributed by atoms with Crippen molar-refractivity contribution in [3.63, 3.8) is 0 Å². The molecule has 3 heteroatoms. The van der Waals surface area contributed by atoms with Crippen molar-refractivity contribution < 1.29 is 4.79 Å². The summed E-state index contributed by atoms with van der Waals surface area (Å²) < 4.78 is 0. The average molecular weight is 206 g/mol. The second-order valence-electron chi connectivity index (χ2n) is 4.06. The highest BCUT2D eigenvalue weighted by atomic mass is 35.5. The van der Waals surface area contributed by atoms with E-state index in [2.05, 4.69) is 5.32 Å². The fraction of sp³-hybridized carbons (Fsp3) is 0.900. The first-order valence-corrected chi connectivity index (χ1v) is 5.26. The van der Waals surface area contributed by atoms with Crippen LogP contribution < -0.4 is 5.32 Å². The Balaban J connectivity index is 3.75. The molecule has 0 saturated heterocycles. The number of hydrogen-bond donors (Lipinski definition) is 1. The minimum Gasteiger partial charge on any atom is -0.356 e. The van der Waals surface area contributed by atoms with Gasteiger partial charge in [-0.3, -0.25) is 4.79 Å². The average Bonchev–Trinajstić information content (AvgIpc) is 2.03. The lowest BCUT2D eigenvalue weighted by Crippen LogP contribution is -2.37. The second kappa shape index (κ2) is 5.48. The summed E-state index contributed by atoms with van der Waals surface area (Å²) in [6, 6.07) is 0. The molecular weight excluding hydrogens is 186 g/mol. The quantitative estimate of drug-likeness (QED) is 0.687. The summed E-state index contributed by atoms with van der Waals surface area (Å²) in [6.45, 7) is 8.52. The van der Waals surface area contributed by atoms with Crippen LogP contribution in [-0.2, 0) is 4.79 Å². The molecule has 0 radical (unpaired) electrons. The van der Waals surface area contributed by atoms with E-state index in [1.807, 2.05) is 27.7 Å². The number of hydrogen-bond acceptors (Lipinski definition) is 1. The van der Waals surface area contributed by atoms with E-state index in [1.54, 1.807) is 0 Å². The molecule has 1 unspecified atom stereocenters. The predicted molar refractivity (Wildman–Crippen MR) is 57.0 cm³/mol. The molecule has 0 rings (SSSR count). The van der Waals surface area contributed by atoms with E-state index in [0.29, 0.717) is 6.54 Å². The molecule has 2 nitrogen and oxygen atoms in total. The number of halogens is 1. The highest BCUT2D eigenvalue weighted by Gasteiger charge is 2.24. The van der Waals surface area contributed by atoms with E-state index in [9.17, 15) is 4.79 Å². The highest BCUT2D eigenvalue weighted by molar-refractivity contribution is 6.20. The maximum atomic E-state index is 11.5. The van der Waals surface area contributed by atoms with E-state index in [1.165, 1.54) is 0 Å². The maximum absolute atomic E-state index is 11.5. The molecule has 1 atom stereocenters. The van der Waals surface area contributed by atoms with Crippen molar-refractivity contribution in [1.82, 2.24) is 5.32 Å². The van der Waals surface area contributed by atoms with E-state index in [0.717, 1.165) is 12.8 Å². The van der Waals surface area contributed by atoms with Crippen LogP contribution in [0.2, 0.25) is 0 Å². The number of carbonyl (C=O) groups is 1. The van der Waals surface area contributed by atoms with E-state index in [4.69, 9.17) is 11.6 Å². The van der Waals surface area contributed by atoms with Gasteiger partial charge < -0.3 is 5.32 Å². The van der Waals surface area contributed by atoms with Crippen molar-refractivity contribution in [2.24, 2.45) is 5.41 Å². The lowest BCUT2D eigenvalue weighted by molar-refractivity contribution is -0.129. The lowest BCUT2D eigenvalue weighted by atomic mass is 9.89. The number of nitrogens with one attached hydrogen (secondary N) is 1. The molecular formula is C10H20ClNO. The smallest absolute Gasteiger partial charge is 0.225 e. The molecule has 1 N–H and O–H groups in total. The van der Waals surface area contributed by atoms with Crippen molar-refractivity contribution >= 4 is 17.5 Å². The third-order valence-corrected chi connectivity index (χ3v) is 2.54. The summed E-state index contributed by atoms with van der Waals surface area (Å²) in [5.41, 5.74) is -0.254. The monoisotopic (exact) mass is 205 g/mol. The molecule has 0 aromatic rings. The summed E-state index contributed by atoms with van der Waals surface area (Å²) in [5, 5.41) is 3.01. The van der Waals surface area contributed by atoms with Gasteiger partial charge in [0.2, 0.25) is 5.91 Å². The van der Waals surface area contributed by atoms with Gasteiger partial charge in [0, 0.05) is 17.3 Å². The van der Waals surface area contributed by atoms with Gasteiger partial charge in [-0.1, -0.05) is 20.8 Å². The van der Waals surface area contributed by atoms with Gasteiger partial charge in [-0.25, -0.2) is 0 Å². The largest absolute Gasteiger partial charge is 0.356 e. The molecule has 1 amide bonds. The predicted octanol–water partition coefficient (Wildman–Crippen LogP) is 2.56. The minimum atomic E-state index is -0.254. The molecule has 78 valence electrons. The van der Waals surface area contributed by atoms with Crippen LogP contribution in [0.15, 0.2) is 0 Å². The van der Waals surface area contributed by atoms with Crippen LogP contribution in [0, 0.1) is 5.41 Å². The number of carbonyl (C=O) groups excluding carboxylic acids is 1. The molecule has 0 aromatic heterocycles. The van der Waals surface area contributed by atoms with E-state index < -0.39 is 0 Å². The zero-order chi connectivity index (χ0) is 10.5. The Kier molecular flexibility index (Phi) is 5.38. The van der Waals surface area contributed by atoms with Crippen molar-refractivity contribution in [2.75, 3.05) is 6.54 Å². The first-order valence-electron chi connectivity index (χ1n) is 4.82. The fourth-order valence-electron chi connectivity index (χ4n) is 0.784. The topological polar surface area (TPSA) is 29.1 Å². The van der Waals surface area contributed by atoms with Gasteiger partial charge in [-0.2, -0.15) is 0 Å². The van der Waals surface area contributed by atoms with E-state index in [-0.39, 0.29) is 16.7 Å². The normalized spacial score (nSPS) is 13.9. The number of alkyl halides is 1. The third-order valence-electron chi connectivity index (χ3n) is 2.33. The molecule has 0 fully saturated rings. The zero-order valence-electron chi connectivity index (χ0n) is 8.98. The Morgan fingerprint density at radius 1 is 1.54 bits per heavy atom. The van der Waals surface area contributed by atoms with Crippen LogP contribution in [-0.4, -0.2) is 17.8 Å². The van der Waals surface area contributed by atoms with Crippen molar-refractivity contribution in [3.8, 4) is 0 Å². The molecule has 0 spiro atoms. The SMILES string of the molecule is CCC(C)(C)C(=O)NCCC(C)Cl. The van der Waals surface area contributed by atoms with Crippen LogP contribution in [0.3, 0.4) is 0 Å². The van der Waals surface area contributed by atoms with Crippen LogP contribution in [0.1, 0.15) is 40.5 Å². The first-order chi connectivity index (χ1) is 5.90. The van der Waals surface area contributed by atoms with E-state index >= 15 is 0 Å². The van der Waals surface area contributed by atoms with Gasteiger partial charge in [0.1, 0.15) is 0 Å². The number of rotatable bonds is 5. The van der Waals surface area contributed by atoms with Gasteiger partial charge in [-0.05, 0) is 19.8 Å². The molecule has 0 saturated carbocycles. The zero-order valence-corrected chi connectivity index (χ0v) is 9.74. The van der Waals surface area contributed by atoms with Gasteiger partial charge in [0.15, 0.2) is 0 Å². The van der Waals surface area contributed by atoms with Crippen LogP contribution in [0.4, 0.5) is 0 Å². The molecule has 0 bridgehead atoms. The standard InChI is InChI=1S/C10H20ClNO/c1-5-10(3,4)9(13)12-7-6-8(2)11/h8H,5-7H2,1-4H3,(H,12,13). The molecule has 13 heavy (non-hydrogen) atoms. The van der Waals surface area contributed by atoms with Crippen LogP contribution >= 0.6 is 11.6 Å².